The van der Waals surface area contributed by atoms with Crippen molar-refractivity contribution in [2.45, 2.75) is 27.7 Å². The van der Waals surface area contributed by atoms with Crippen LogP contribution in [0.15, 0.2) is 92.5 Å². The number of allylic oxidation sites excluding steroid dienone is 7. The number of aryl methyl sites for hydroxylation is 1. The van der Waals surface area contributed by atoms with Gasteiger partial charge in [-0.3, -0.25) is 15.1 Å². The number of hydrogen-bond donors (Lipinski definition) is 2. The molecule has 0 aliphatic heterocycles. The average molecular weight is 450 g/mol. The minimum Gasteiger partial charge on any atom is -0.357 e. The third kappa shape index (κ3) is 5.04. The van der Waals surface area contributed by atoms with Crippen molar-refractivity contribution in [1.82, 2.24) is 25.1 Å². The van der Waals surface area contributed by atoms with E-state index >= 15 is 0 Å². The molecule has 0 spiro atoms. The molecule has 0 amide bonds. The van der Waals surface area contributed by atoms with Crippen molar-refractivity contribution in [3.63, 3.8) is 0 Å². The first-order valence-corrected chi connectivity index (χ1v) is 11.4. The average Bonchev–Trinajstić information content (AvgIpc) is 3.47. The van der Waals surface area contributed by atoms with Gasteiger partial charge in [-0.25, -0.2) is 0 Å². The lowest BCUT2D eigenvalue weighted by Crippen LogP contribution is -1.89. The summed E-state index contributed by atoms with van der Waals surface area (Å²) in [6.07, 6.45) is 17.0. The van der Waals surface area contributed by atoms with Gasteiger partial charge in [0.2, 0.25) is 0 Å². The predicted molar refractivity (Wildman–Crippen MR) is 144 cm³/mol. The normalized spacial score (nSPS) is 12.0. The van der Waals surface area contributed by atoms with E-state index in [-0.39, 0.29) is 0 Å². The number of fused-ring (bicyclic) bond motifs is 1. The van der Waals surface area contributed by atoms with Crippen molar-refractivity contribution in [3.05, 3.63) is 115 Å². The van der Waals surface area contributed by atoms with E-state index in [1.165, 1.54) is 0 Å². The van der Waals surface area contributed by atoms with Crippen LogP contribution in [0.5, 0.6) is 0 Å². The van der Waals surface area contributed by atoms with Crippen LogP contribution in [-0.2, 0) is 0 Å². The summed E-state index contributed by atoms with van der Waals surface area (Å²) in [5.74, 6) is 0. The number of nitrogens with one attached hydrogen (secondary N) is 2. The number of H-pyrrole nitrogens is 2. The SMILES string of the molecule is C=C/C=C\C(=C/C)c1cc2c(-c3cc(/C(=C\C=C)c4cccnc4)c(C)[nH]3)n[nH]c2cn1.CC. The van der Waals surface area contributed by atoms with Crippen LogP contribution in [0.25, 0.3) is 33.4 Å². The Balaban J connectivity index is 0.00000158. The Labute approximate surface area is 201 Å². The van der Waals surface area contributed by atoms with E-state index < -0.39 is 0 Å². The zero-order valence-corrected chi connectivity index (χ0v) is 20.3. The molecule has 4 heterocycles. The van der Waals surface area contributed by atoms with Gasteiger partial charge in [0.05, 0.1) is 23.1 Å². The van der Waals surface area contributed by atoms with Gasteiger partial charge in [0.25, 0.3) is 0 Å². The first-order chi connectivity index (χ1) is 16.7. The zero-order valence-electron chi connectivity index (χ0n) is 20.3. The van der Waals surface area contributed by atoms with Gasteiger partial charge in [-0.1, -0.05) is 69.5 Å². The van der Waals surface area contributed by atoms with Crippen molar-refractivity contribution in [2.24, 2.45) is 0 Å². The molecule has 5 heteroatoms. The smallest absolute Gasteiger partial charge is 0.116 e. The summed E-state index contributed by atoms with van der Waals surface area (Å²) >= 11 is 0. The summed E-state index contributed by atoms with van der Waals surface area (Å²) in [6.45, 7) is 15.7. The lowest BCUT2D eigenvalue weighted by atomic mass is 9.98. The Bertz CT molecular complexity index is 1360. The molecule has 0 radical (unpaired) electrons. The van der Waals surface area contributed by atoms with E-state index in [2.05, 4.69) is 57.4 Å². The van der Waals surface area contributed by atoms with Crippen LogP contribution >= 0.6 is 0 Å². The summed E-state index contributed by atoms with van der Waals surface area (Å²) in [7, 11) is 0. The second-order valence-corrected chi connectivity index (χ2v) is 7.31. The fourth-order valence-corrected chi connectivity index (χ4v) is 3.73. The zero-order chi connectivity index (χ0) is 24.5. The summed E-state index contributed by atoms with van der Waals surface area (Å²) in [6, 6.07) is 8.17. The molecular formula is C29H31N5. The van der Waals surface area contributed by atoms with E-state index in [0.717, 1.165) is 56.0 Å². The Hall–Kier alpha value is -4.25. The van der Waals surface area contributed by atoms with Crippen molar-refractivity contribution in [3.8, 4) is 11.4 Å². The molecule has 2 N–H and O–H groups in total. The highest BCUT2D eigenvalue weighted by Crippen LogP contribution is 2.33. The maximum absolute atomic E-state index is 4.59. The molecule has 0 saturated carbocycles. The van der Waals surface area contributed by atoms with Gasteiger partial charge < -0.3 is 4.98 Å². The Morgan fingerprint density at radius 3 is 2.59 bits per heavy atom. The Kier molecular flexibility index (Phi) is 8.30. The van der Waals surface area contributed by atoms with E-state index in [4.69, 9.17) is 0 Å². The van der Waals surface area contributed by atoms with Crippen LogP contribution < -0.4 is 0 Å². The lowest BCUT2D eigenvalue weighted by molar-refractivity contribution is 1.11. The molecule has 5 nitrogen and oxygen atoms in total. The number of aromatic nitrogens is 5. The minimum atomic E-state index is 0.852. The molecule has 0 aliphatic rings. The molecule has 0 bridgehead atoms. The third-order valence-electron chi connectivity index (χ3n) is 5.28. The van der Waals surface area contributed by atoms with Gasteiger partial charge in [-0.2, -0.15) is 5.10 Å². The Morgan fingerprint density at radius 2 is 1.91 bits per heavy atom. The van der Waals surface area contributed by atoms with Crippen LogP contribution in [0, 0.1) is 6.92 Å². The highest BCUT2D eigenvalue weighted by Gasteiger charge is 2.16. The topological polar surface area (TPSA) is 70.2 Å². The third-order valence-corrected chi connectivity index (χ3v) is 5.28. The molecular weight excluding hydrogens is 418 g/mol. The molecule has 0 fully saturated rings. The summed E-state index contributed by atoms with van der Waals surface area (Å²) < 4.78 is 0. The number of hydrogen-bond acceptors (Lipinski definition) is 3. The van der Waals surface area contributed by atoms with Crippen molar-refractivity contribution < 1.29 is 0 Å². The summed E-state index contributed by atoms with van der Waals surface area (Å²) in [5, 5.41) is 8.69. The molecule has 172 valence electrons. The van der Waals surface area contributed by atoms with Gasteiger partial charge >= 0.3 is 0 Å². The highest BCUT2D eigenvalue weighted by molar-refractivity contribution is 5.95. The molecule has 0 aromatic carbocycles. The standard InChI is InChI=1S/C27H25N5.C2H6/c1-5-8-11-19(7-3)24-15-23-26(17-29-24)31-32-27(23)25-14-22(18(4)30-25)21(10-6-2)20-12-9-13-28-16-20;1-2/h5-17,30H,1-2H2,3-4H3,(H,31,32);1-2H3/b11-8-,19-7+,21-10-;. The van der Waals surface area contributed by atoms with Crippen LogP contribution in [0.1, 0.15) is 43.3 Å². The van der Waals surface area contributed by atoms with Gasteiger partial charge in [0.1, 0.15) is 5.69 Å². The van der Waals surface area contributed by atoms with E-state index in [0.29, 0.717) is 0 Å². The fourth-order valence-electron chi connectivity index (χ4n) is 3.73. The van der Waals surface area contributed by atoms with Gasteiger partial charge in [0, 0.05) is 34.6 Å². The number of rotatable bonds is 7. The number of aromatic amines is 2. The van der Waals surface area contributed by atoms with Crippen LogP contribution in [0.3, 0.4) is 0 Å². The van der Waals surface area contributed by atoms with Crippen LogP contribution in [0.2, 0.25) is 0 Å². The van der Waals surface area contributed by atoms with E-state index in [9.17, 15) is 0 Å². The molecule has 4 aromatic heterocycles. The molecule has 34 heavy (non-hydrogen) atoms. The van der Waals surface area contributed by atoms with Crippen LogP contribution in [-0.4, -0.2) is 25.1 Å². The summed E-state index contributed by atoms with van der Waals surface area (Å²) in [5.41, 5.74) is 8.80. The number of nitrogens with zero attached hydrogens (tertiary/aromatic N) is 3. The molecule has 0 atom stereocenters. The molecule has 0 unspecified atom stereocenters. The van der Waals surface area contributed by atoms with Gasteiger partial charge in [0.15, 0.2) is 0 Å². The maximum atomic E-state index is 4.59. The lowest BCUT2D eigenvalue weighted by Gasteiger charge is -2.06. The molecule has 0 aliphatic carbocycles. The fraction of sp³-hybridized carbons (Fsp3) is 0.138. The van der Waals surface area contributed by atoms with Crippen molar-refractivity contribution in [1.29, 1.82) is 0 Å². The Morgan fingerprint density at radius 1 is 1.09 bits per heavy atom. The first kappa shape index (κ1) is 24.4. The quantitative estimate of drug-likeness (QED) is 0.288. The highest BCUT2D eigenvalue weighted by atomic mass is 15.1. The monoisotopic (exact) mass is 449 g/mol. The molecule has 0 saturated heterocycles. The second kappa shape index (κ2) is 11.6. The van der Waals surface area contributed by atoms with Gasteiger partial charge in [-0.15, -0.1) is 0 Å². The molecule has 4 aromatic rings. The molecule has 4 rings (SSSR count). The minimum absolute atomic E-state index is 0.852. The largest absolute Gasteiger partial charge is 0.357 e. The maximum Gasteiger partial charge on any atom is 0.116 e. The van der Waals surface area contributed by atoms with E-state index in [1.54, 1.807) is 18.3 Å². The second-order valence-electron chi connectivity index (χ2n) is 7.31. The predicted octanol–water partition coefficient (Wildman–Crippen LogP) is 7.45. The van der Waals surface area contributed by atoms with E-state index in [1.807, 2.05) is 69.6 Å². The van der Waals surface area contributed by atoms with Crippen molar-refractivity contribution in [2.75, 3.05) is 0 Å². The van der Waals surface area contributed by atoms with Crippen molar-refractivity contribution >= 4 is 22.0 Å². The first-order valence-electron chi connectivity index (χ1n) is 11.4. The van der Waals surface area contributed by atoms with Gasteiger partial charge in [-0.05, 0) is 43.2 Å². The summed E-state index contributed by atoms with van der Waals surface area (Å²) in [4.78, 5) is 12.4. The number of pyridine rings is 2. The van der Waals surface area contributed by atoms with Crippen LogP contribution in [0.4, 0.5) is 0 Å².